The molecule has 20 heavy (non-hydrogen) atoms. The van der Waals surface area contributed by atoms with Crippen LogP contribution in [0.4, 0.5) is 0 Å². The van der Waals surface area contributed by atoms with Gasteiger partial charge in [0.2, 0.25) is 0 Å². The Bertz CT molecular complexity index is 482. The third-order valence-corrected chi connectivity index (χ3v) is 5.11. The van der Waals surface area contributed by atoms with Crippen molar-refractivity contribution in [1.82, 2.24) is 19.6 Å². The fourth-order valence-corrected chi connectivity index (χ4v) is 3.77. The smallest absolute Gasteiger partial charge is 0.0850 e. The minimum atomic E-state index is -0.379. The summed E-state index contributed by atoms with van der Waals surface area (Å²) in [6, 6.07) is 0.230. The van der Waals surface area contributed by atoms with Crippen molar-refractivity contribution in [3.63, 3.8) is 0 Å². The lowest BCUT2D eigenvalue weighted by molar-refractivity contribution is -0.0457. The Kier molecular flexibility index (Phi) is 4.04. The van der Waals surface area contributed by atoms with Crippen LogP contribution in [0.25, 0.3) is 0 Å². The van der Waals surface area contributed by atoms with E-state index in [1.165, 1.54) is 0 Å². The molecule has 0 saturated carbocycles. The van der Waals surface area contributed by atoms with Gasteiger partial charge >= 0.3 is 0 Å². The molecule has 3 saturated heterocycles. The van der Waals surface area contributed by atoms with Gasteiger partial charge in [0, 0.05) is 52.2 Å². The molecule has 5 nitrogen and oxygen atoms in total. The van der Waals surface area contributed by atoms with E-state index in [-0.39, 0.29) is 12.1 Å². The van der Waals surface area contributed by atoms with E-state index in [0.717, 1.165) is 55.6 Å². The van der Waals surface area contributed by atoms with Gasteiger partial charge in [-0.2, -0.15) is 5.10 Å². The summed E-state index contributed by atoms with van der Waals surface area (Å²) in [5, 5.41) is 15.8. The highest BCUT2D eigenvalue weighted by Gasteiger charge is 2.36. The zero-order valence-electron chi connectivity index (χ0n) is 12.2. The molecule has 2 bridgehead atoms. The molecule has 1 N–H and O–H groups in total. The fourth-order valence-electron chi connectivity index (χ4n) is 3.40. The first-order valence-corrected chi connectivity index (χ1v) is 7.82. The third-order valence-electron chi connectivity index (χ3n) is 4.67. The van der Waals surface area contributed by atoms with E-state index in [1.54, 1.807) is 0 Å². The Labute approximate surface area is 125 Å². The summed E-state index contributed by atoms with van der Waals surface area (Å²) in [6.07, 6.45) is 1.03. The highest BCUT2D eigenvalue weighted by atomic mass is 35.5. The quantitative estimate of drug-likeness (QED) is 0.881. The van der Waals surface area contributed by atoms with Gasteiger partial charge in [0.1, 0.15) is 0 Å². The van der Waals surface area contributed by atoms with Crippen LogP contribution < -0.4 is 0 Å². The zero-order valence-corrected chi connectivity index (χ0v) is 13.0. The lowest BCUT2D eigenvalue weighted by Crippen LogP contribution is -2.64. The maximum absolute atomic E-state index is 10.6. The number of hydrogen-bond donors (Lipinski definition) is 1. The molecule has 6 heteroatoms. The van der Waals surface area contributed by atoms with Crippen molar-refractivity contribution in [3.05, 3.63) is 16.4 Å². The molecule has 0 amide bonds. The Hall–Kier alpha value is -0.620. The number of aryl methyl sites for hydroxylation is 2. The van der Waals surface area contributed by atoms with E-state index in [2.05, 4.69) is 14.9 Å². The average Bonchev–Trinajstić information content (AvgIpc) is 2.75. The molecule has 112 valence electrons. The molecule has 0 aromatic carbocycles. The number of fused-ring (bicyclic) bond motifs is 3. The normalized spacial score (nSPS) is 30.7. The lowest BCUT2D eigenvalue weighted by atomic mass is 9.98. The molecule has 3 aliphatic rings. The fraction of sp³-hybridized carbons (Fsp3) is 0.786. The Balaban J connectivity index is 1.73. The molecule has 4 heterocycles. The van der Waals surface area contributed by atoms with Crippen molar-refractivity contribution in [2.24, 2.45) is 7.05 Å². The summed E-state index contributed by atoms with van der Waals surface area (Å²) >= 11 is 6.37. The van der Waals surface area contributed by atoms with Crippen LogP contribution in [-0.2, 0) is 19.9 Å². The number of hydrogen-bond acceptors (Lipinski definition) is 4. The van der Waals surface area contributed by atoms with Crippen molar-refractivity contribution in [2.75, 3.05) is 32.7 Å². The van der Waals surface area contributed by atoms with Gasteiger partial charge < -0.3 is 5.11 Å². The maximum atomic E-state index is 10.6. The summed E-state index contributed by atoms with van der Waals surface area (Å²) in [4.78, 5) is 4.85. The number of aliphatic hydroxyl groups is 1. The number of halogens is 1. The van der Waals surface area contributed by atoms with Gasteiger partial charge in [-0.15, -0.1) is 0 Å². The maximum Gasteiger partial charge on any atom is 0.0850 e. The third kappa shape index (κ3) is 2.48. The predicted molar refractivity (Wildman–Crippen MR) is 79.1 cm³/mol. The summed E-state index contributed by atoms with van der Waals surface area (Å²) in [5.41, 5.74) is 1.87. The Morgan fingerprint density at radius 1 is 1.35 bits per heavy atom. The van der Waals surface area contributed by atoms with Crippen LogP contribution in [-0.4, -0.2) is 69.6 Å². The summed E-state index contributed by atoms with van der Waals surface area (Å²) in [6.45, 7) is 7.43. The second kappa shape index (κ2) is 5.64. The summed E-state index contributed by atoms with van der Waals surface area (Å²) in [5.74, 6) is 0. The second-order valence-corrected chi connectivity index (χ2v) is 6.24. The van der Waals surface area contributed by atoms with E-state index in [9.17, 15) is 5.11 Å². The number of aliphatic hydroxyl groups excluding tert-OH is 1. The highest BCUT2D eigenvalue weighted by molar-refractivity contribution is 6.31. The Morgan fingerprint density at radius 2 is 2.05 bits per heavy atom. The summed E-state index contributed by atoms with van der Waals surface area (Å²) < 4.78 is 1.82. The van der Waals surface area contributed by atoms with Crippen LogP contribution in [0.2, 0.25) is 5.02 Å². The van der Waals surface area contributed by atoms with Crippen molar-refractivity contribution < 1.29 is 5.11 Å². The van der Waals surface area contributed by atoms with Gasteiger partial charge in [-0.3, -0.25) is 14.5 Å². The molecule has 2 unspecified atom stereocenters. The SMILES string of the molecule is CCc1nn(C)c(CC(O)C2CN3CCN2CC3)c1Cl. The van der Waals surface area contributed by atoms with E-state index < -0.39 is 0 Å². The molecule has 3 aliphatic heterocycles. The Morgan fingerprint density at radius 3 is 2.55 bits per heavy atom. The number of nitrogens with zero attached hydrogens (tertiary/aromatic N) is 4. The molecule has 0 spiro atoms. The van der Waals surface area contributed by atoms with Crippen LogP contribution in [0.15, 0.2) is 0 Å². The molecular weight excluding hydrogens is 276 g/mol. The van der Waals surface area contributed by atoms with Gasteiger partial charge in [0.05, 0.1) is 22.5 Å². The average molecular weight is 299 g/mol. The largest absolute Gasteiger partial charge is 0.391 e. The van der Waals surface area contributed by atoms with E-state index in [1.807, 2.05) is 18.7 Å². The lowest BCUT2D eigenvalue weighted by Gasteiger charge is -2.49. The number of aromatic nitrogens is 2. The standard InChI is InChI=1S/C14H23ClN4O/c1-3-10-14(15)11(17(2)16-10)8-13(20)12-9-18-4-6-19(12)7-5-18/h12-13,20H,3-9H2,1-2H3. The predicted octanol–water partition coefficient (Wildman–Crippen LogP) is 0.539. The first kappa shape index (κ1) is 14.3. The van der Waals surface area contributed by atoms with Gasteiger partial charge in [-0.1, -0.05) is 18.5 Å². The molecule has 1 aromatic heterocycles. The van der Waals surface area contributed by atoms with E-state index >= 15 is 0 Å². The minimum absolute atomic E-state index is 0.230. The molecule has 0 aliphatic carbocycles. The molecule has 1 aromatic rings. The highest BCUT2D eigenvalue weighted by Crippen LogP contribution is 2.25. The minimum Gasteiger partial charge on any atom is -0.391 e. The van der Waals surface area contributed by atoms with Gasteiger partial charge in [0.25, 0.3) is 0 Å². The van der Waals surface area contributed by atoms with E-state index in [0.29, 0.717) is 6.42 Å². The first-order chi connectivity index (χ1) is 9.60. The topological polar surface area (TPSA) is 44.5 Å². The van der Waals surface area contributed by atoms with Crippen molar-refractivity contribution in [2.45, 2.75) is 31.9 Å². The molecule has 0 radical (unpaired) electrons. The number of piperazine rings is 3. The van der Waals surface area contributed by atoms with Crippen LogP contribution in [0.3, 0.4) is 0 Å². The molecule has 4 rings (SSSR count). The van der Waals surface area contributed by atoms with Crippen LogP contribution >= 0.6 is 11.6 Å². The van der Waals surface area contributed by atoms with Crippen molar-refractivity contribution >= 4 is 11.6 Å². The van der Waals surface area contributed by atoms with Crippen LogP contribution in [0, 0.1) is 0 Å². The van der Waals surface area contributed by atoms with Gasteiger partial charge in [-0.05, 0) is 6.42 Å². The van der Waals surface area contributed by atoms with Gasteiger partial charge in [0.15, 0.2) is 0 Å². The van der Waals surface area contributed by atoms with Gasteiger partial charge in [-0.25, -0.2) is 0 Å². The second-order valence-electron chi connectivity index (χ2n) is 5.86. The number of rotatable bonds is 4. The van der Waals surface area contributed by atoms with Crippen molar-refractivity contribution in [1.29, 1.82) is 0 Å². The summed E-state index contributed by atoms with van der Waals surface area (Å²) in [7, 11) is 1.91. The zero-order chi connectivity index (χ0) is 14.3. The molecular formula is C14H23ClN4O. The van der Waals surface area contributed by atoms with Crippen LogP contribution in [0.1, 0.15) is 18.3 Å². The molecule has 2 atom stereocenters. The van der Waals surface area contributed by atoms with Crippen molar-refractivity contribution in [3.8, 4) is 0 Å². The monoisotopic (exact) mass is 298 g/mol. The first-order valence-electron chi connectivity index (χ1n) is 7.44. The van der Waals surface area contributed by atoms with E-state index in [4.69, 9.17) is 11.6 Å². The molecule has 3 fully saturated rings. The van der Waals surface area contributed by atoms with Crippen LogP contribution in [0.5, 0.6) is 0 Å².